The Kier molecular flexibility index (Phi) is 4.24. The highest BCUT2D eigenvalue weighted by molar-refractivity contribution is 5.92. The van der Waals surface area contributed by atoms with E-state index in [1.807, 2.05) is 6.07 Å². The SMILES string of the molecule is CCC(CC)C(=O)Nc1ccc2c(c1)CCCN2. The maximum Gasteiger partial charge on any atom is 0.227 e. The van der Waals surface area contributed by atoms with Gasteiger partial charge in [-0.1, -0.05) is 13.8 Å². The number of hydrogen-bond acceptors (Lipinski definition) is 2. The fourth-order valence-electron chi connectivity index (χ4n) is 2.46. The number of nitrogens with one attached hydrogen (secondary N) is 2. The number of hydrogen-bond donors (Lipinski definition) is 2. The third kappa shape index (κ3) is 2.84. The van der Waals surface area contributed by atoms with Crippen molar-refractivity contribution in [1.82, 2.24) is 0 Å². The zero-order valence-corrected chi connectivity index (χ0v) is 11.3. The summed E-state index contributed by atoms with van der Waals surface area (Å²) in [5, 5.41) is 6.40. The van der Waals surface area contributed by atoms with Crippen LogP contribution in [0.25, 0.3) is 0 Å². The van der Waals surface area contributed by atoms with E-state index < -0.39 is 0 Å². The van der Waals surface area contributed by atoms with Gasteiger partial charge in [-0.3, -0.25) is 4.79 Å². The minimum atomic E-state index is 0.124. The third-order valence-corrected chi connectivity index (χ3v) is 3.67. The second kappa shape index (κ2) is 5.89. The third-order valence-electron chi connectivity index (χ3n) is 3.67. The van der Waals surface area contributed by atoms with Crippen LogP contribution in [0.2, 0.25) is 0 Å². The zero-order valence-electron chi connectivity index (χ0n) is 11.3. The number of amides is 1. The molecular formula is C15H22N2O. The van der Waals surface area contributed by atoms with Crippen molar-refractivity contribution in [2.75, 3.05) is 17.2 Å². The van der Waals surface area contributed by atoms with Crippen LogP contribution in [0.4, 0.5) is 11.4 Å². The van der Waals surface area contributed by atoms with Crippen molar-refractivity contribution in [3.8, 4) is 0 Å². The van der Waals surface area contributed by atoms with Gasteiger partial charge in [0.1, 0.15) is 0 Å². The van der Waals surface area contributed by atoms with Gasteiger partial charge in [0, 0.05) is 23.8 Å². The minimum Gasteiger partial charge on any atom is -0.385 e. The Morgan fingerprint density at radius 1 is 1.39 bits per heavy atom. The first-order valence-corrected chi connectivity index (χ1v) is 6.92. The zero-order chi connectivity index (χ0) is 13.0. The molecule has 1 aliphatic heterocycles. The fraction of sp³-hybridized carbons (Fsp3) is 0.533. The van der Waals surface area contributed by atoms with Crippen LogP contribution < -0.4 is 10.6 Å². The Bertz CT molecular complexity index is 425. The van der Waals surface area contributed by atoms with Crippen LogP contribution in [0.15, 0.2) is 18.2 Å². The summed E-state index contributed by atoms with van der Waals surface area (Å²) in [5.41, 5.74) is 3.44. The van der Waals surface area contributed by atoms with Crippen LogP contribution >= 0.6 is 0 Å². The average Bonchev–Trinajstić information content (AvgIpc) is 2.40. The monoisotopic (exact) mass is 246 g/mol. The topological polar surface area (TPSA) is 41.1 Å². The predicted octanol–water partition coefficient (Wildman–Crippen LogP) is 3.42. The lowest BCUT2D eigenvalue weighted by atomic mass is 10.0. The summed E-state index contributed by atoms with van der Waals surface area (Å²) in [4.78, 5) is 12.0. The van der Waals surface area contributed by atoms with Crippen molar-refractivity contribution in [1.29, 1.82) is 0 Å². The van der Waals surface area contributed by atoms with Gasteiger partial charge in [-0.2, -0.15) is 0 Å². The van der Waals surface area contributed by atoms with Gasteiger partial charge in [-0.15, -0.1) is 0 Å². The van der Waals surface area contributed by atoms with Gasteiger partial charge in [0.05, 0.1) is 0 Å². The van der Waals surface area contributed by atoms with Crippen LogP contribution in [0.3, 0.4) is 0 Å². The Morgan fingerprint density at radius 2 is 2.17 bits per heavy atom. The molecule has 2 rings (SSSR count). The molecule has 1 amide bonds. The summed E-state index contributed by atoms with van der Waals surface area (Å²) in [6, 6.07) is 6.15. The fourth-order valence-corrected chi connectivity index (χ4v) is 2.46. The maximum absolute atomic E-state index is 12.0. The number of anilines is 2. The van der Waals surface area contributed by atoms with Crippen LogP contribution in [-0.2, 0) is 11.2 Å². The molecule has 0 aromatic heterocycles. The smallest absolute Gasteiger partial charge is 0.227 e. The van der Waals surface area contributed by atoms with Crippen molar-refractivity contribution in [3.05, 3.63) is 23.8 Å². The summed E-state index contributed by atoms with van der Waals surface area (Å²) in [6.07, 6.45) is 4.05. The van der Waals surface area contributed by atoms with Gasteiger partial charge < -0.3 is 10.6 Å². The molecule has 1 heterocycles. The van der Waals surface area contributed by atoms with Crippen LogP contribution in [-0.4, -0.2) is 12.5 Å². The molecule has 18 heavy (non-hydrogen) atoms. The average molecular weight is 246 g/mol. The predicted molar refractivity (Wildman–Crippen MR) is 76.0 cm³/mol. The van der Waals surface area contributed by atoms with E-state index in [1.54, 1.807) is 0 Å². The van der Waals surface area contributed by atoms with Crippen molar-refractivity contribution in [2.45, 2.75) is 39.5 Å². The quantitative estimate of drug-likeness (QED) is 0.854. The molecule has 0 aliphatic carbocycles. The van der Waals surface area contributed by atoms with Crippen molar-refractivity contribution >= 4 is 17.3 Å². The molecule has 3 heteroatoms. The highest BCUT2D eigenvalue weighted by atomic mass is 16.1. The Labute approximate surface area is 109 Å². The molecule has 0 bridgehead atoms. The first kappa shape index (κ1) is 12.9. The molecular weight excluding hydrogens is 224 g/mol. The Balaban J connectivity index is 2.08. The van der Waals surface area contributed by atoms with Crippen LogP contribution in [0.5, 0.6) is 0 Å². The number of carbonyl (C=O) groups excluding carboxylic acids is 1. The first-order chi connectivity index (χ1) is 8.74. The molecule has 0 unspecified atom stereocenters. The number of rotatable bonds is 4. The van der Waals surface area contributed by atoms with E-state index in [0.29, 0.717) is 0 Å². The summed E-state index contributed by atoms with van der Waals surface area (Å²) in [7, 11) is 0. The number of benzene rings is 1. The van der Waals surface area contributed by atoms with Crippen molar-refractivity contribution < 1.29 is 4.79 Å². The van der Waals surface area contributed by atoms with E-state index in [1.165, 1.54) is 11.3 Å². The molecule has 2 N–H and O–H groups in total. The largest absolute Gasteiger partial charge is 0.385 e. The number of carbonyl (C=O) groups is 1. The summed E-state index contributed by atoms with van der Waals surface area (Å²) < 4.78 is 0. The second-order valence-electron chi connectivity index (χ2n) is 4.90. The van der Waals surface area contributed by atoms with E-state index >= 15 is 0 Å². The van der Waals surface area contributed by atoms with E-state index in [-0.39, 0.29) is 11.8 Å². The molecule has 3 nitrogen and oxygen atoms in total. The first-order valence-electron chi connectivity index (χ1n) is 6.92. The maximum atomic E-state index is 12.0. The number of aryl methyl sites for hydroxylation is 1. The summed E-state index contributed by atoms with van der Waals surface area (Å²) in [5.74, 6) is 0.267. The van der Waals surface area contributed by atoms with Crippen LogP contribution in [0, 0.1) is 5.92 Å². The lowest BCUT2D eigenvalue weighted by Crippen LogP contribution is -2.22. The van der Waals surface area contributed by atoms with Gasteiger partial charge >= 0.3 is 0 Å². The molecule has 1 aromatic rings. The van der Waals surface area contributed by atoms with Gasteiger partial charge in [0.15, 0.2) is 0 Å². The molecule has 1 aliphatic rings. The molecule has 98 valence electrons. The van der Waals surface area contributed by atoms with E-state index in [2.05, 4.69) is 36.6 Å². The van der Waals surface area contributed by atoms with Crippen molar-refractivity contribution in [3.63, 3.8) is 0 Å². The molecule has 1 aromatic carbocycles. The van der Waals surface area contributed by atoms with E-state index in [4.69, 9.17) is 0 Å². The minimum absolute atomic E-state index is 0.124. The summed E-state index contributed by atoms with van der Waals surface area (Å²) in [6.45, 7) is 5.17. The molecule has 0 atom stereocenters. The van der Waals surface area contributed by atoms with Gasteiger partial charge in [0.25, 0.3) is 0 Å². The molecule has 0 fully saturated rings. The molecule has 0 saturated heterocycles. The van der Waals surface area contributed by atoms with Gasteiger partial charge in [-0.25, -0.2) is 0 Å². The normalized spacial score (nSPS) is 13.9. The lowest BCUT2D eigenvalue weighted by molar-refractivity contribution is -0.120. The summed E-state index contributed by atoms with van der Waals surface area (Å²) >= 11 is 0. The Hall–Kier alpha value is -1.51. The highest BCUT2D eigenvalue weighted by Gasteiger charge is 2.15. The lowest BCUT2D eigenvalue weighted by Gasteiger charge is -2.19. The second-order valence-corrected chi connectivity index (χ2v) is 4.90. The van der Waals surface area contributed by atoms with Crippen molar-refractivity contribution in [2.24, 2.45) is 5.92 Å². The standard InChI is InChI=1S/C15H22N2O/c1-3-11(4-2)15(18)17-13-7-8-14-12(10-13)6-5-9-16-14/h7-8,10-11,16H,3-6,9H2,1-2H3,(H,17,18). The van der Waals surface area contributed by atoms with Crippen LogP contribution in [0.1, 0.15) is 38.7 Å². The molecule has 0 radical (unpaired) electrons. The van der Waals surface area contributed by atoms with Gasteiger partial charge in [0.2, 0.25) is 5.91 Å². The Morgan fingerprint density at radius 3 is 2.89 bits per heavy atom. The van der Waals surface area contributed by atoms with E-state index in [0.717, 1.165) is 37.9 Å². The molecule has 0 saturated carbocycles. The van der Waals surface area contributed by atoms with E-state index in [9.17, 15) is 4.79 Å². The van der Waals surface area contributed by atoms with Gasteiger partial charge in [-0.05, 0) is 49.4 Å². The molecule has 0 spiro atoms. The highest BCUT2D eigenvalue weighted by Crippen LogP contribution is 2.25. The number of fused-ring (bicyclic) bond motifs is 1.